The predicted molar refractivity (Wildman–Crippen MR) is 92.2 cm³/mol. The fraction of sp³-hybridized carbons (Fsp3) is 0.529. The molecule has 1 fully saturated rings. The molecule has 1 aromatic rings. The van der Waals surface area contributed by atoms with Crippen LogP contribution in [0.15, 0.2) is 18.2 Å². The largest absolute Gasteiger partial charge is 0.496 e. The maximum absolute atomic E-state index is 12.1. The van der Waals surface area contributed by atoms with Crippen LogP contribution in [0.3, 0.4) is 0 Å². The van der Waals surface area contributed by atoms with Gasteiger partial charge < -0.3 is 14.8 Å². The third-order valence-corrected chi connectivity index (χ3v) is 5.79. The summed E-state index contributed by atoms with van der Waals surface area (Å²) in [5.41, 5.74) is 1.67. The topological polar surface area (TPSA) is 98.8 Å². The maximum atomic E-state index is 12.1. The molecule has 1 N–H and O–H groups in total. The van der Waals surface area contributed by atoms with E-state index in [0.29, 0.717) is 17.7 Å². The first-order chi connectivity index (χ1) is 11.7. The third-order valence-electron chi connectivity index (χ3n) is 4.03. The summed E-state index contributed by atoms with van der Waals surface area (Å²) in [6, 6.07) is 5.05. The van der Waals surface area contributed by atoms with E-state index in [9.17, 15) is 18.0 Å². The summed E-state index contributed by atoms with van der Waals surface area (Å²) in [6.45, 7) is 3.37. The van der Waals surface area contributed by atoms with Crippen molar-refractivity contribution in [1.29, 1.82) is 0 Å². The Balaban J connectivity index is 1.89. The molecule has 138 valence electrons. The lowest BCUT2D eigenvalue weighted by atomic mass is 10.1. The van der Waals surface area contributed by atoms with Crippen LogP contribution in [0.25, 0.3) is 0 Å². The Morgan fingerprint density at radius 3 is 2.68 bits per heavy atom. The summed E-state index contributed by atoms with van der Waals surface area (Å²) in [5.74, 6) is -0.466. The molecule has 0 unspecified atom stereocenters. The Morgan fingerprint density at radius 2 is 2.08 bits per heavy atom. The molecule has 7 nitrogen and oxygen atoms in total. The number of benzene rings is 1. The number of rotatable bonds is 6. The van der Waals surface area contributed by atoms with E-state index in [1.165, 1.54) is 14.0 Å². The summed E-state index contributed by atoms with van der Waals surface area (Å²) in [5, 5.41) is 2.62. The van der Waals surface area contributed by atoms with E-state index in [-0.39, 0.29) is 17.9 Å². The van der Waals surface area contributed by atoms with Crippen molar-refractivity contribution in [3.8, 4) is 5.75 Å². The normalized spacial score (nSPS) is 19.9. The molecule has 25 heavy (non-hydrogen) atoms. The van der Waals surface area contributed by atoms with Crippen LogP contribution >= 0.6 is 0 Å². The standard InChI is InChI=1S/C17H23NO6S/c1-11-4-5-15(23-3)13(8-11)9-16(19)24-12(2)17(20)18-14-6-7-25(21,22)10-14/h4-5,8,12,14H,6-7,9-10H2,1-3H3,(H,18,20)/t12-,14+/m0/s1. The average molecular weight is 369 g/mol. The van der Waals surface area contributed by atoms with Gasteiger partial charge in [0.15, 0.2) is 15.9 Å². The van der Waals surface area contributed by atoms with Crippen LogP contribution in [0, 0.1) is 6.92 Å². The van der Waals surface area contributed by atoms with Crippen LogP contribution in [0.4, 0.5) is 0 Å². The van der Waals surface area contributed by atoms with E-state index in [2.05, 4.69) is 5.32 Å². The zero-order valence-electron chi connectivity index (χ0n) is 14.6. The van der Waals surface area contributed by atoms with Crippen LogP contribution in [0.2, 0.25) is 0 Å². The first-order valence-corrected chi connectivity index (χ1v) is 9.86. The first-order valence-electron chi connectivity index (χ1n) is 8.04. The molecule has 8 heteroatoms. The highest BCUT2D eigenvalue weighted by atomic mass is 32.2. The van der Waals surface area contributed by atoms with Crippen LogP contribution in [-0.4, -0.2) is 51.1 Å². The number of carbonyl (C=O) groups excluding carboxylic acids is 2. The third kappa shape index (κ3) is 5.45. The highest BCUT2D eigenvalue weighted by molar-refractivity contribution is 7.91. The molecule has 0 radical (unpaired) electrons. The van der Waals surface area contributed by atoms with Gasteiger partial charge in [0, 0.05) is 11.6 Å². The molecular formula is C17H23NO6S. The number of ether oxygens (including phenoxy) is 2. The molecule has 0 bridgehead atoms. The molecule has 1 aliphatic rings. The zero-order valence-corrected chi connectivity index (χ0v) is 15.4. The molecule has 0 saturated carbocycles. The number of sulfone groups is 1. The fourth-order valence-electron chi connectivity index (χ4n) is 2.72. The van der Waals surface area contributed by atoms with Crippen LogP contribution in [-0.2, 0) is 30.6 Å². The van der Waals surface area contributed by atoms with Gasteiger partial charge in [-0.15, -0.1) is 0 Å². The van der Waals surface area contributed by atoms with Gasteiger partial charge in [0.25, 0.3) is 5.91 Å². The minimum absolute atomic E-state index is 0.0136. The summed E-state index contributed by atoms with van der Waals surface area (Å²) in [4.78, 5) is 24.2. The van der Waals surface area contributed by atoms with Crippen LogP contribution in [0.1, 0.15) is 24.5 Å². The van der Waals surface area contributed by atoms with Crippen molar-refractivity contribution in [2.75, 3.05) is 18.6 Å². The van der Waals surface area contributed by atoms with Gasteiger partial charge in [-0.05, 0) is 26.3 Å². The Bertz CT molecular complexity index is 758. The lowest BCUT2D eigenvalue weighted by molar-refractivity contribution is -0.154. The summed E-state index contributed by atoms with van der Waals surface area (Å²) in [7, 11) is -1.56. The van der Waals surface area contributed by atoms with Gasteiger partial charge in [-0.3, -0.25) is 9.59 Å². The van der Waals surface area contributed by atoms with Gasteiger partial charge >= 0.3 is 5.97 Å². The molecule has 2 atom stereocenters. The predicted octanol–water partition coefficient (Wildman–Crippen LogP) is 0.781. The SMILES string of the molecule is COc1ccc(C)cc1CC(=O)O[C@@H](C)C(=O)N[C@@H]1CCS(=O)(=O)C1. The molecule has 0 aromatic heterocycles. The Kier molecular flexibility index (Phi) is 6.05. The van der Waals surface area contributed by atoms with E-state index in [4.69, 9.17) is 9.47 Å². The van der Waals surface area contributed by atoms with Crippen molar-refractivity contribution in [3.63, 3.8) is 0 Å². The van der Waals surface area contributed by atoms with Gasteiger partial charge in [0.05, 0.1) is 25.0 Å². The highest BCUT2D eigenvalue weighted by Crippen LogP contribution is 2.20. The molecule has 1 aliphatic heterocycles. The van der Waals surface area contributed by atoms with Crippen molar-refractivity contribution in [3.05, 3.63) is 29.3 Å². The minimum atomic E-state index is -3.08. The van der Waals surface area contributed by atoms with E-state index in [1.807, 2.05) is 19.1 Å². The molecule has 0 aliphatic carbocycles. The zero-order chi connectivity index (χ0) is 18.6. The van der Waals surface area contributed by atoms with Gasteiger partial charge in [0.1, 0.15) is 5.75 Å². The number of aryl methyl sites for hydroxylation is 1. The van der Waals surface area contributed by atoms with Crippen molar-refractivity contribution < 1.29 is 27.5 Å². The van der Waals surface area contributed by atoms with Gasteiger partial charge in [-0.1, -0.05) is 17.7 Å². The van der Waals surface area contributed by atoms with Gasteiger partial charge in [-0.25, -0.2) is 8.42 Å². The van der Waals surface area contributed by atoms with E-state index < -0.39 is 33.9 Å². The quantitative estimate of drug-likeness (QED) is 0.744. The van der Waals surface area contributed by atoms with Gasteiger partial charge in [-0.2, -0.15) is 0 Å². The monoisotopic (exact) mass is 369 g/mol. The molecule has 0 spiro atoms. The van der Waals surface area contributed by atoms with Crippen molar-refractivity contribution in [1.82, 2.24) is 5.32 Å². The Morgan fingerprint density at radius 1 is 1.36 bits per heavy atom. The van der Waals surface area contributed by atoms with E-state index in [0.717, 1.165) is 5.56 Å². The van der Waals surface area contributed by atoms with Crippen LogP contribution < -0.4 is 10.1 Å². The highest BCUT2D eigenvalue weighted by Gasteiger charge is 2.30. The van der Waals surface area contributed by atoms with Crippen molar-refractivity contribution in [2.45, 2.75) is 38.8 Å². The number of carbonyl (C=O) groups is 2. The first kappa shape index (κ1) is 19.2. The maximum Gasteiger partial charge on any atom is 0.311 e. The van der Waals surface area contributed by atoms with Crippen molar-refractivity contribution >= 4 is 21.7 Å². The van der Waals surface area contributed by atoms with E-state index >= 15 is 0 Å². The number of hydrogen-bond acceptors (Lipinski definition) is 6. The summed E-state index contributed by atoms with van der Waals surface area (Å²) in [6.07, 6.45) is -0.623. The molecular weight excluding hydrogens is 346 g/mol. The summed E-state index contributed by atoms with van der Waals surface area (Å²) < 4.78 is 33.2. The molecule has 1 amide bonds. The number of esters is 1. The minimum Gasteiger partial charge on any atom is -0.496 e. The second-order valence-electron chi connectivity index (χ2n) is 6.23. The fourth-order valence-corrected chi connectivity index (χ4v) is 4.39. The smallest absolute Gasteiger partial charge is 0.311 e. The lowest BCUT2D eigenvalue weighted by Gasteiger charge is -2.17. The molecule has 1 aromatic carbocycles. The Hall–Kier alpha value is -2.09. The Labute approximate surface area is 147 Å². The molecule has 1 heterocycles. The molecule has 1 saturated heterocycles. The average Bonchev–Trinajstić information content (AvgIpc) is 2.86. The number of methoxy groups -OCH3 is 1. The second kappa shape index (κ2) is 7.86. The second-order valence-corrected chi connectivity index (χ2v) is 8.46. The van der Waals surface area contributed by atoms with Gasteiger partial charge in [0.2, 0.25) is 0 Å². The lowest BCUT2D eigenvalue weighted by Crippen LogP contribution is -2.42. The summed E-state index contributed by atoms with van der Waals surface area (Å²) >= 11 is 0. The number of hydrogen-bond donors (Lipinski definition) is 1. The van der Waals surface area contributed by atoms with Crippen LogP contribution in [0.5, 0.6) is 5.75 Å². The van der Waals surface area contributed by atoms with Crippen molar-refractivity contribution in [2.24, 2.45) is 0 Å². The van der Waals surface area contributed by atoms with E-state index in [1.54, 1.807) is 6.07 Å². The number of nitrogens with one attached hydrogen (secondary N) is 1. The number of amides is 1. The molecule has 2 rings (SSSR count).